The Morgan fingerprint density at radius 1 is 1.57 bits per heavy atom. The van der Waals surface area contributed by atoms with Gasteiger partial charge in [0.25, 0.3) is 0 Å². The molecule has 0 aromatic carbocycles. The molecule has 1 aromatic rings. The topological polar surface area (TPSA) is 37.9 Å². The SMILES string of the molecule is CCOC(CC)c1nc(=S)cc(C)[nH]1. The van der Waals surface area contributed by atoms with Crippen LogP contribution in [0.4, 0.5) is 0 Å². The molecular formula is C10H16N2OS. The summed E-state index contributed by atoms with van der Waals surface area (Å²) in [6, 6.07) is 1.84. The molecule has 1 N–H and O–H groups in total. The monoisotopic (exact) mass is 212 g/mol. The smallest absolute Gasteiger partial charge is 0.137 e. The Bertz CT molecular complexity index is 348. The molecule has 0 spiro atoms. The molecule has 1 rings (SSSR count). The molecule has 0 aliphatic carbocycles. The van der Waals surface area contributed by atoms with Crippen LogP contribution in [-0.4, -0.2) is 16.6 Å². The summed E-state index contributed by atoms with van der Waals surface area (Å²) >= 11 is 5.05. The largest absolute Gasteiger partial charge is 0.371 e. The fraction of sp³-hybridized carbons (Fsp3) is 0.600. The number of ether oxygens (including phenoxy) is 1. The minimum atomic E-state index is 0.0293. The zero-order valence-electron chi connectivity index (χ0n) is 8.83. The molecule has 0 fully saturated rings. The van der Waals surface area contributed by atoms with Gasteiger partial charge in [-0.05, 0) is 26.3 Å². The van der Waals surface area contributed by atoms with E-state index in [1.54, 1.807) is 0 Å². The van der Waals surface area contributed by atoms with Crippen molar-refractivity contribution in [3.8, 4) is 0 Å². The standard InChI is InChI=1S/C10H16N2OS/c1-4-8(13-5-2)10-11-7(3)6-9(14)12-10/h6,8H,4-5H2,1-3H3,(H,11,12,14). The highest BCUT2D eigenvalue weighted by molar-refractivity contribution is 7.71. The van der Waals surface area contributed by atoms with Crippen LogP contribution in [-0.2, 0) is 4.74 Å². The van der Waals surface area contributed by atoms with Crippen LogP contribution in [0.5, 0.6) is 0 Å². The maximum Gasteiger partial charge on any atom is 0.137 e. The zero-order valence-corrected chi connectivity index (χ0v) is 9.65. The van der Waals surface area contributed by atoms with Gasteiger partial charge in [0.05, 0.1) is 0 Å². The highest BCUT2D eigenvalue weighted by atomic mass is 32.1. The predicted octanol–water partition coefficient (Wildman–Crippen LogP) is 2.94. The van der Waals surface area contributed by atoms with Crippen molar-refractivity contribution in [1.82, 2.24) is 9.97 Å². The number of aromatic amines is 1. The van der Waals surface area contributed by atoms with E-state index in [-0.39, 0.29) is 6.10 Å². The average molecular weight is 212 g/mol. The van der Waals surface area contributed by atoms with Crippen LogP contribution < -0.4 is 0 Å². The normalized spacial score (nSPS) is 12.8. The number of rotatable bonds is 4. The second kappa shape index (κ2) is 5.22. The molecule has 1 atom stereocenters. The van der Waals surface area contributed by atoms with Gasteiger partial charge >= 0.3 is 0 Å². The van der Waals surface area contributed by atoms with Crippen molar-refractivity contribution in [1.29, 1.82) is 0 Å². The summed E-state index contributed by atoms with van der Waals surface area (Å²) < 4.78 is 6.17. The van der Waals surface area contributed by atoms with E-state index < -0.39 is 0 Å². The number of nitrogens with zero attached hydrogens (tertiary/aromatic N) is 1. The van der Waals surface area contributed by atoms with E-state index in [0.29, 0.717) is 11.2 Å². The van der Waals surface area contributed by atoms with Gasteiger partial charge in [-0.1, -0.05) is 19.1 Å². The van der Waals surface area contributed by atoms with Gasteiger partial charge in [0.15, 0.2) is 0 Å². The Morgan fingerprint density at radius 2 is 2.29 bits per heavy atom. The second-order valence-electron chi connectivity index (χ2n) is 3.14. The molecule has 0 saturated carbocycles. The first-order valence-electron chi connectivity index (χ1n) is 4.86. The molecule has 0 aliphatic rings. The van der Waals surface area contributed by atoms with Crippen molar-refractivity contribution in [2.24, 2.45) is 0 Å². The highest BCUT2D eigenvalue weighted by Crippen LogP contribution is 2.16. The number of hydrogen-bond acceptors (Lipinski definition) is 3. The summed E-state index contributed by atoms with van der Waals surface area (Å²) in [5, 5.41) is 0. The van der Waals surface area contributed by atoms with Gasteiger partial charge < -0.3 is 9.72 Å². The number of nitrogens with one attached hydrogen (secondary N) is 1. The van der Waals surface area contributed by atoms with Crippen LogP contribution in [0.2, 0.25) is 0 Å². The van der Waals surface area contributed by atoms with Gasteiger partial charge in [-0.25, -0.2) is 4.98 Å². The summed E-state index contributed by atoms with van der Waals surface area (Å²) in [6.45, 7) is 6.71. The third kappa shape index (κ3) is 2.89. The lowest BCUT2D eigenvalue weighted by atomic mass is 10.2. The van der Waals surface area contributed by atoms with E-state index in [9.17, 15) is 0 Å². The molecule has 3 nitrogen and oxygen atoms in total. The molecule has 4 heteroatoms. The van der Waals surface area contributed by atoms with Gasteiger partial charge in [0.1, 0.15) is 16.6 Å². The number of H-pyrrole nitrogens is 1. The Morgan fingerprint density at radius 3 is 2.79 bits per heavy atom. The first-order valence-corrected chi connectivity index (χ1v) is 5.27. The van der Waals surface area contributed by atoms with Gasteiger partial charge in [0.2, 0.25) is 0 Å². The van der Waals surface area contributed by atoms with E-state index in [1.807, 2.05) is 19.9 Å². The molecule has 78 valence electrons. The minimum absolute atomic E-state index is 0.0293. The van der Waals surface area contributed by atoms with Crippen LogP contribution in [0.3, 0.4) is 0 Å². The van der Waals surface area contributed by atoms with Crippen LogP contribution in [0.25, 0.3) is 0 Å². The molecular weight excluding hydrogens is 196 g/mol. The maximum atomic E-state index is 5.55. The van der Waals surface area contributed by atoms with Crippen molar-refractivity contribution in [2.75, 3.05) is 6.61 Å². The van der Waals surface area contributed by atoms with Crippen molar-refractivity contribution in [3.63, 3.8) is 0 Å². The molecule has 0 bridgehead atoms. The summed E-state index contributed by atoms with van der Waals surface area (Å²) in [6.07, 6.45) is 0.928. The van der Waals surface area contributed by atoms with Crippen LogP contribution in [0, 0.1) is 11.6 Å². The Kier molecular flexibility index (Phi) is 4.22. The van der Waals surface area contributed by atoms with E-state index in [4.69, 9.17) is 17.0 Å². The van der Waals surface area contributed by atoms with Gasteiger partial charge in [-0.15, -0.1) is 0 Å². The van der Waals surface area contributed by atoms with E-state index in [2.05, 4.69) is 16.9 Å². The molecule has 1 unspecified atom stereocenters. The van der Waals surface area contributed by atoms with E-state index in [0.717, 1.165) is 17.9 Å². The second-order valence-corrected chi connectivity index (χ2v) is 3.56. The third-order valence-electron chi connectivity index (χ3n) is 1.94. The van der Waals surface area contributed by atoms with Crippen LogP contribution in [0.15, 0.2) is 6.07 Å². The summed E-state index contributed by atoms with van der Waals surface area (Å²) in [5.41, 5.74) is 1.03. The molecule has 0 radical (unpaired) electrons. The van der Waals surface area contributed by atoms with Crippen molar-refractivity contribution >= 4 is 12.2 Å². The first-order chi connectivity index (χ1) is 6.67. The summed E-state index contributed by atoms with van der Waals surface area (Å²) in [4.78, 5) is 7.44. The number of aromatic nitrogens is 2. The molecule has 1 aromatic heterocycles. The van der Waals surface area contributed by atoms with Gasteiger partial charge in [-0.2, -0.15) is 0 Å². The maximum absolute atomic E-state index is 5.55. The van der Waals surface area contributed by atoms with Crippen molar-refractivity contribution in [3.05, 3.63) is 22.2 Å². The Labute approximate surface area is 89.5 Å². The zero-order chi connectivity index (χ0) is 10.6. The lowest BCUT2D eigenvalue weighted by Crippen LogP contribution is -2.08. The lowest BCUT2D eigenvalue weighted by molar-refractivity contribution is 0.0533. The van der Waals surface area contributed by atoms with Crippen molar-refractivity contribution in [2.45, 2.75) is 33.3 Å². The Balaban J connectivity index is 2.97. The van der Waals surface area contributed by atoms with Crippen LogP contribution in [0.1, 0.15) is 37.9 Å². The van der Waals surface area contributed by atoms with Crippen LogP contribution >= 0.6 is 12.2 Å². The molecule has 0 saturated heterocycles. The molecule has 1 heterocycles. The molecule has 0 aliphatic heterocycles. The molecule has 0 amide bonds. The average Bonchev–Trinajstić information content (AvgIpc) is 2.12. The third-order valence-corrected chi connectivity index (χ3v) is 2.15. The molecule has 14 heavy (non-hydrogen) atoms. The van der Waals surface area contributed by atoms with E-state index >= 15 is 0 Å². The quantitative estimate of drug-likeness (QED) is 0.780. The van der Waals surface area contributed by atoms with Gasteiger partial charge in [0, 0.05) is 12.3 Å². The van der Waals surface area contributed by atoms with Gasteiger partial charge in [-0.3, -0.25) is 0 Å². The number of hydrogen-bond donors (Lipinski definition) is 1. The van der Waals surface area contributed by atoms with Crippen molar-refractivity contribution < 1.29 is 4.74 Å². The Hall–Kier alpha value is -0.740. The highest BCUT2D eigenvalue weighted by Gasteiger charge is 2.11. The first kappa shape index (κ1) is 11.3. The number of aryl methyl sites for hydroxylation is 1. The summed E-state index contributed by atoms with van der Waals surface area (Å²) in [7, 11) is 0. The minimum Gasteiger partial charge on any atom is -0.371 e. The predicted molar refractivity (Wildman–Crippen MR) is 58.8 cm³/mol. The fourth-order valence-electron chi connectivity index (χ4n) is 1.35. The lowest BCUT2D eigenvalue weighted by Gasteiger charge is -2.14. The fourth-order valence-corrected chi connectivity index (χ4v) is 1.62. The van der Waals surface area contributed by atoms with E-state index in [1.165, 1.54) is 0 Å². The summed E-state index contributed by atoms with van der Waals surface area (Å²) in [5.74, 6) is 0.833.